The minimum atomic E-state index is -0.0459. The number of phenols is 1. The Bertz CT molecular complexity index is 721. The SMILES string of the molecule is CC(C)=CCCC(C)=CCC12CCN(C)C1Nc1c(Br)ccc(O)c12. The molecule has 0 bridgehead atoms. The first-order valence-corrected chi connectivity index (χ1v) is 9.92. The van der Waals surface area contributed by atoms with Gasteiger partial charge in [0.25, 0.3) is 0 Å². The third kappa shape index (κ3) is 3.39. The number of rotatable bonds is 5. The fourth-order valence-electron chi connectivity index (χ4n) is 4.28. The molecule has 3 rings (SSSR count). The molecule has 2 aliphatic heterocycles. The molecule has 0 amide bonds. The van der Waals surface area contributed by atoms with Crippen LogP contribution in [0.1, 0.15) is 52.0 Å². The van der Waals surface area contributed by atoms with Crippen molar-refractivity contribution < 1.29 is 5.11 Å². The lowest BCUT2D eigenvalue weighted by atomic mass is 9.75. The molecule has 0 aliphatic carbocycles. The van der Waals surface area contributed by atoms with Gasteiger partial charge in [0, 0.05) is 22.0 Å². The molecule has 0 spiro atoms. The average molecular weight is 405 g/mol. The van der Waals surface area contributed by atoms with Crippen molar-refractivity contribution in [2.24, 2.45) is 0 Å². The topological polar surface area (TPSA) is 35.5 Å². The number of anilines is 1. The Morgan fingerprint density at radius 1 is 1.36 bits per heavy atom. The largest absolute Gasteiger partial charge is 0.508 e. The normalized spacial score (nSPS) is 25.5. The molecule has 0 saturated carbocycles. The van der Waals surface area contributed by atoms with Crippen LogP contribution in [0.2, 0.25) is 0 Å². The highest BCUT2D eigenvalue weighted by Crippen LogP contribution is 2.55. The van der Waals surface area contributed by atoms with Gasteiger partial charge in [-0.1, -0.05) is 23.3 Å². The molecule has 2 atom stereocenters. The summed E-state index contributed by atoms with van der Waals surface area (Å²) in [6.07, 6.45) is 9.18. The number of nitrogens with one attached hydrogen (secondary N) is 1. The minimum absolute atomic E-state index is 0.0459. The Labute approximate surface area is 159 Å². The number of likely N-dealkylation sites (tertiary alicyclic amines) is 1. The highest BCUT2D eigenvalue weighted by atomic mass is 79.9. The van der Waals surface area contributed by atoms with Gasteiger partial charge in [-0.05, 0) is 81.6 Å². The van der Waals surface area contributed by atoms with Crippen molar-refractivity contribution in [2.75, 3.05) is 18.9 Å². The molecule has 136 valence electrons. The zero-order chi connectivity index (χ0) is 18.2. The van der Waals surface area contributed by atoms with E-state index >= 15 is 0 Å². The monoisotopic (exact) mass is 404 g/mol. The summed E-state index contributed by atoms with van der Waals surface area (Å²) < 4.78 is 1.03. The van der Waals surface area contributed by atoms with Crippen molar-refractivity contribution in [2.45, 2.75) is 58.0 Å². The highest BCUT2D eigenvalue weighted by Gasteiger charge is 2.53. The number of hydrogen-bond donors (Lipinski definition) is 2. The van der Waals surface area contributed by atoms with Crippen molar-refractivity contribution in [3.63, 3.8) is 0 Å². The molecule has 2 heterocycles. The summed E-state index contributed by atoms with van der Waals surface area (Å²) in [5, 5.41) is 14.3. The van der Waals surface area contributed by atoms with Gasteiger partial charge in [-0.3, -0.25) is 4.90 Å². The van der Waals surface area contributed by atoms with E-state index in [1.54, 1.807) is 0 Å². The number of nitrogens with zero attached hydrogens (tertiary/aromatic N) is 1. The predicted molar refractivity (Wildman–Crippen MR) is 109 cm³/mol. The van der Waals surface area contributed by atoms with E-state index in [-0.39, 0.29) is 11.6 Å². The summed E-state index contributed by atoms with van der Waals surface area (Å²) in [6, 6.07) is 3.74. The fraction of sp³-hybridized carbons (Fsp3) is 0.524. The van der Waals surface area contributed by atoms with Gasteiger partial charge in [0.15, 0.2) is 0 Å². The smallest absolute Gasteiger partial charge is 0.121 e. The lowest BCUT2D eigenvalue weighted by Crippen LogP contribution is -2.41. The third-order valence-corrected chi connectivity index (χ3v) is 6.35. The van der Waals surface area contributed by atoms with Crippen LogP contribution in [0, 0.1) is 0 Å². The van der Waals surface area contributed by atoms with E-state index in [1.807, 2.05) is 12.1 Å². The molecule has 1 saturated heterocycles. The molecule has 1 aromatic carbocycles. The Hall–Kier alpha value is -1.26. The molecule has 4 heteroatoms. The number of hydrogen-bond acceptors (Lipinski definition) is 3. The van der Waals surface area contributed by atoms with Gasteiger partial charge in [0.1, 0.15) is 5.75 Å². The fourth-order valence-corrected chi connectivity index (χ4v) is 4.73. The van der Waals surface area contributed by atoms with Crippen molar-refractivity contribution in [3.8, 4) is 5.75 Å². The van der Waals surface area contributed by atoms with E-state index in [9.17, 15) is 5.11 Å². The first kappa shape index (κ1) is 18.5. The highest BCUT2D eigenvalue weighted by molar-refractivity contribution is 9.10. The van der Waals surface area contributed by atoms with Crippen LogP contribution in [-0.4, -0.2) is 29.8 Å². The molecule has 3 nitrogen and oxygen atoms in total. The van der Waals surface area contributed by atoms with Crippen LogP contribution in [0.15, 0.2) is 39.9 Å². The molecular formula is C21H29BrN2O. The number of benzene rings is 1. The zero-order valence-electron chi connectivity index (χ0n) is 15.7. The van der Waals surface area contributed by atoms with Gasteiger partial charge >= 0.3 is 0 Å². The van der Waals surface area contributed by atoms with Crippen LogP contribution in [0.4, 0.5) is 5.69 Å². The van der Waals surface area contributed by atoms with Gasteiger partial charge < -0.3 is 10.4 Å². The predicted octanol–water partition coefficient (Wildman–Crippen LogP) is 5.56. The summed E-state index contributed by atoms with van der Waals surface area (Å²) >= 11 is 3.65. The molecular weight excluding hydrogens is 376 g/mol. The molecule has 0 radical (unpaired) electrons. The van der Waals surface area contributed by atoms with Crippen LogP contribution >= 0.6 is 15.9 Å². The van der Waals surface area contributed by atoms with Crippen molar-refractivity contribution >= 4 is 21.6 Å². The summed E-state index contributed by atoms with van der Waals surface area (Å²) in [4.78, 5) is 2.37. The average Bonchev–Trinajstić information content (AvgIpc) is 3.05. The van der Waals surface area contributed by atoms with Crippen molar-refractivity contribution in [1.29, 1.82) is 0 Å². The molecule has 2 N–H and O–H groups in total. The molecule has 0 aromatic heterocycles. The maximum atomic E-state index is 10.6. The maximum absolute atomic E-state index is 10.6. The molecule has 2 unspecified atom stereocenters. The first-order valence-electron chi connectivity index (χ1n) is 9.13. The van der Waals surface area contributed by atoms with Gasteiger partial charge in [-0.15, -0.1) is 0 Å². The van der Waals surface area contributed by atoms with E-state index < -0.39 is 0 Å². The number of fused-ring (bicyclic) bond motifs is 3. The van der Waals surface area contributed by atoms with E-state index in [2.05, 4.69) is 66.1 Å². The second kappa shape index (κ2) is 7.16. The van der Waals surface area contributed by atoms with Crippen LogP contribution in [0.5, 0.6) is 5.75 Å². The second-order valence-corrected chi connectivity index (χ2v) is 8.68. The van der Waals surface area contributed by atoms with Gasteiger partial charge in [0.05, 0.1) is 11.9 Å². The summed E-state index contributed by atoms with van der Waals surface area (Å²) in [7, 11) is 2.17. The zero-order valence-corrected chi connectivity index (χ0v) is 17.3. The molecule has 1 fully saturated rings. The number of phenolic OH excluding ortho intramolecular Hbond substituents is 1. The standard InChI is InChI=1S/C21H29BrN2O/c1-14(2)6-5-7-15(3)10-11-21-12-13-24(4)20(21)23-19-16(22)8-9-17(25)18(19)21/h6,8-10,20,23,25H,5,7,11-13H2,1-4H3. The first-order chi connectivity index (χ1) is 11.8. The van der Waals surface area contributed by atoms with Crippen LogP contribution in [-0.2, 0) is 5.41 Å². The quantitative estimate of drug-likeness (QED) is 0.630. The molecule has 2 aliphatic rings. The number of aromatic hydroxyl groups is 1. The lowest BCUT2D eigenvalue weighted by Gasteiger charge is -2.31. The van der Waals surface area contributed by atoms with Crippen molar-refractivity contribution in [3.05, 3.63) is 45.5 Å². The maximum Gasteiger partial charge on any atom is 0.121 e. The summed E-state index contributed by atoms with van der Waals surface area (Å²) in [5.74, 6) is 0.416. The Balaban J connectivity index is 1.88. The Morgan fingerprint density at radius 3 is 2.84 bits per heavy atom. The minimum Gasteiger partial charge on any atom is -0.508 e. The Kier molecular flexibility index (Phi) is 5.31. The van der Waals surface area contributed by atoms with Crippen molar-refractivity contribution in [1.82, 2.24) is 4.90 Å². The van der Waals surface area contributed by atoms with Gasteiger partial charge in [0.2, 0.25) is 0 Å². The van der Waals surface area contributed by atoms with E-state index in [4.69, 9.17) is 0 Å². The van der Waals surface area contributed by atoms with Crippen LogP contribution in [0.3, 0.4) is 0 Å². The van der Waals surface area contributed by atoms with E-state index in [0.29, 0.717) is 5.75 Å². The number of halogens is 1. The Morgan fingerprint density at radius 2 is 2.12 bits per heavy atom. The summed E-state index contributed by atoms with van der Waals surface area (Å²) in [6.45, 7) is 7.58. The van der Waals surface area contributed by atoms with E-state index in [0.717, 1.165) is 48.0 Å². The third-order valence-electron chi connectivity index (χ3n) is 5.69. The van der Waals surface area contributed by atoms with E-state index in [1.165, 1.54) is 11.1 Å². The van der Waals surface area contributed by atoms with Crippen LogP contribution < -0.4 is 5.32 Å². The second-order valence-electron chi connectivity index (χ2n) is 7.82. The van der Waals surface area contributed by atoms with Gasteiger partial charge in [-0.2, -0.15) is 0 Å². The molecule has 25 heavy (non-hydrogen) atoms. The van der Waals surface area contributed by atoms with Crippen LogP contribution in [0.25, 0.3) is 0 Å². The molecule has 1 aromatic rings. The summed E-state index contributed by atoms with van der Waals surface area (Å²) in [5.41, 5.74) is 4.92. The number of likely N-dealkylation sites (N-methyl/N-ethyl adjacent to an activating group) is 1. The lowest BCUT2D eigenvalue weighted by molar-refractivity contribution is 0.282. The number of allylic oxidation sites excluding steroid dienone is 4. The van der Waals surface area contributed by atoms with Gasteiger partial charge in [-0.25, -0.2) is 0 Å².